The van der Waals surface area contributed by atoms with Gasteiger partial charge in [0.05, 0.1) is 5.41 Å². The molecule has 1 aliphatic heterocycles. The Kier molecular flexibility index (Phi) is 7.39. The summed E-state index contributed by atoms with van der Waals surface area (Å²) in [6.07, 6.45) is 1.47. The zero-order valence-corrected chi connectivity index (χ0v) is 18.1. The van der Waals surface area contributed by atoms with Crippen LogP contribution in [0.2, 0.25) is 0 Å². The van der Waals surface area contributed by atoms with Gasteiger partial charge in [-0.15, -0.1) is 0 Å². The van der Waals surface area contributed by atoms with Crippen molar-refractivity contribution in [2.75, 3.05) is 25.5 Å². The number of carbonyl (C=O) groups is 1. The lowest BCUT2D eigenvalue weighted by atomic mass is 9.73. The second-order valence-corrected chi connectivity index (χ2v) is 9.02. The Labute approximate surface area is 174 Å². The molecule has 1 saturated heterocycles. The SMILES string of the molecule is Cc1ccc(CSCCNC(=O)C2(c3ccc(Br)cc3)CCOCC2)cc1. The highest BCUT2D eigenvalue weighted by molar-refractivity contribution is 9.10. The maximum absolute atomic E-state index is 13.1. The molecule has 0 aliphatic carbocycles. The molecule has 0 radical (unpaired) electrons. The van der Waals surface area contributed by atoms with E-state index in [2.05, 4.69) is 64.6 Å². The molecule has 0 saturated carbocycles. The van der Waals surface area contributed by atoms with Crippen LogP contribution < -0.4 is 5.32 Å². The van der Waals surface area contributed by atoms with E-state index in [1.54, 1.807) is 0 Å². The number of hydrogen-bond donors (Lipinski definition) is 1. The number of carbonyl (C=O) groups excluding carboxylic acids is 1. The fourth-order valence-corrected chi connectivity index (χ4v) is 4.50. The second kappa shape index (κ2) is 9.76. The van der Waals surface area contributed by atoms with Gasteiger partial charge in [0.15, 0.2) is 0 Å². The van der Waals surface area contributed by atoms with E-state index in [1.165, 1.54) is 11.1 Å². The monoisotopic (exact) mass is 447 g/mol. The molecular weight excluding hydrogens is 422 g/mol. The normalized spacial score (nSPS) is 16.1. The summed E-state index contributed by atoms with van der Waals surface area (Å²) in [5.41, 5.74) is 3.22. The summed E-state index contributed by atoms with van der Waals surface area (Å²) < 4.78 is 6.56. The van der Waals surface area contributed by atoms with E-state index in [0.717, 1.165) is 34.4 Å². The number of amides is 1. The van der Waals surface area contributed by atoms with E-state index in [9.17, 15) is 4.79 Å². The minimum atomic E-state index is -0.472. The van der Waals surface area contributed by atoms with Crippen molar-refractivity contribution in [1.82, 2.24) is 5.32 Å². The van der Waals surface area contributed by atoms with E-state index in [1.807, 2.05) is 23.9 Å². The molecule has 0 spiro atoms. The van der Waals surface area contributed by atoms with E-state index in [-0.39, 0.29) is 5.91 Å². The lowest BCUT2D eigenvalue weighted by Gasteiger charge is -2.36. The maximum atomic E-state index is 13.1. The standard InChI is InChI=1S/C22H26BrNO2S/c1-17-2-4-18(5-3-17)16-27-15-12-24-21(25)22(10-13-26-14-11-22)19-6-8-20(23)9-7-19/h2-9H,10-16H2,1H3,(H,24,25). The van der Waals surface area contributed by atoms with Crippen LogP contribution in [0.4, 0.5) is 0 Å². The van der Waals surface area contributed by atoms with Crippen LogP contribution in [0.25, 0.3) is 0 Å². The van der Waals surface area contributed by atoms with Crippen molar-refractivity contribution in [3.05, 3.63) is 69.7 Å². The lowest BCUT2D eigenvalue weighted by molar-refractivity contribution is -0.130. The van der Waals surface area contributed by atoms with Crippen molar-refractivity contribution in [1.29, 1.82) is 0 Å². The Morgan fingerprint density at radius 1 is 1.11 bits per heavy atom. The Bertz CT molecular complexity index is 740. The summed E-state index contributed by atoms with van der Waals surface area (Å²) >= 11 is 5.33. The molecule has 2 aromatic carbocycles. The summed E-state index contributed by atoms with van der Waals surface area (Å²) in [4.78, 5) is 13.1. The minimum Gasteiger partial charge on any atom is -0.381 e. The molecule has 1 heterocycles. The van der Waals surface area contributed by atoms with Crippen LogP contribution in [0.1, 0.15) is 29.5 Å². The van der Waals surface area contributed by atoms with Crippen LogP contribution in [0, 0.1) is 6.92 Å². The van der Waals surface area contributed by atoms with Gasteiger partial charge in [-0.1, -0.05) is 57.9 Å². The molecule has 1 fully saturated rings. The third kappa shape index (κ3) is 5.37. The molecule has 1 aliphatic rings. The molecule has 3 nitrogen and oxygen atoms in total. The number of nitrogens with one attached hydrogen (secondary N) is 1. The van der Waals surface area contributed by atoms with Gasteiger partial charge < -0.3 is 10.1 Å². The second-order valence-electron chi connectivity index (χ2n) is 7.00. The summed E-state index contributed by atoms with van der Waals surface area (Å²) in [6, 6.07) is 16.8. The van der Waals surface area contributed by atoms with Crippen LogP contribution in [0.3, 0.4) is 0 Å². The highest BCUT2D eigenvalue weighted by Gasteiger charge is 2.41. The lowest BCUT2D eigenvalue weighted by Crippen LogP contribution is -2.48. The number of benzene rings is 2. The Balaban J connectivity index is 1.53. The van der Waals surface area contributed by atoms with Crippen molar-refractivity contribution in [3.63, 3.8) is 0 Å². The van der Waals surface area contributed by atoms with Gasteiger partial charge in [0.2, 0.25) is 5.91 Å². The van der Waals surface area contributed by atoms with Crippen LogP contribution in [-0.2, 0) is 20.7 Å². The Morgan fingerprint density at radius 2 is 1.78 bits per heavy atom. The molecule has 1 amide bonds. The summed E-state index contributed by atoms with van der Waals surface area (Å²) in [7, 11) is 0. The molecule has 3 rings (SSSR count). The van der Waals surface area contributed by atoms with Crippen molar-refractivity contribution in [2.24, 2.45) is 0 Å². The highest BCUT2D eigenvalue weighted by atomic mass is 79.9. The summed E-state index contributed by atoms with van der Waals surface area (Å²) in [5, 5.41) is 3.17. The van der Waals surface area contributed by atoms with Gasteiger partial charge in [0, 0.05) is 35.7 Å². The largest absolute Gasteiger partial charge is 0.381 e. The molecule has 0 bridgehead atoms. The van der Waals surface area contributed by atoms with E-state index < -0.39 is 5.41 Å². The molecule has 144 valence electrons. The number of halogens is 1. The fourth-order valence-electron chi connectivity index (χ4n) is 3.42. The molecule has 1 N–H and O–H groups in total. The number of rotatable bonds is 7. The quantitative estimate of drug-likeness (QED) is 0.616. The van der Waals surface area contributed by atoms with Gasteiger partial charge in [-0.3, -0.25) is 4.79 Å². The van der Waals surface area contributed by atoms with Gasteiger partial charge in [-0.25, -0.2) is 0 Å². The Hall–Kier alpha value is -1.30. The average molecular weight is 448 g/mol. The molecule has 0 unspecified atom stereocenters. The maximum Gasteiger partial charge on any atom is 0.230 e. The highest BCUT2D eigenvalue weighted by Crippen LogP contribution is 2.35. The minimum absolute atomic E-state index is 0.129. The molecule has 0 aromatic heterocycles. The molecule has 5 heteroatoms. The summed E-state index contributed by atoms with van der Waals surface area (Å²) in [6.45, 7) is 4.05. The van der Waals surface area contributed by atoms with E-state index in [4.69, 9.17) is 4.74 Å². The summed E-state index contributed by atoms with van der Waals surface area (Å²) in [5.74, 6) is 2.01. The smallest absolute Gasteiger partial charge is 0.230 e. The van der Waals surface area contributed by atoms with E-state index >= 15 is 0 Å². The zero-order valence-electron chi connectivity index (χ0n) is 15.7. The van der Waals surface area contributed by atoms with Crippen molar-refractivity contribution >= 4 is 33.6 Å². The molecule has 27 heavy (non-hydrogen) atoms. The van der Waals surface area contributed by atoms with Gasteiger partial charge in [-0.05, 0) is 43.0 Å². The number of thioether (sulfide) groups is 1. The number of hydrogen-bond acceptors (Lipinski definition) is 3. The fraction of sp³-hybridized carbons (Fsp3) is 0.409. The zero-order chi connectivity index (χ0) is 19.1. The predicted molar refractivity (Wildman–Crippen MR) is 116 cm³/mol. The van der Waals surface area contributed by atoms with Crippen molar-refractivity contribution in [2.45, 2.75) is 30.9 Å². The van der Waals surface area contributed by atoms with Crippen LogP contribution >= 0.6 is 27.7 Å². The van der Waals surface area contributed by atoms with Crippen LogP contribution in [0.15, 0.2) is 53.0 Å². The topological polar surface area (TPSA) is 38.3 Å². The van der Waals surface area contributed by atoms with Gasteiger partial charge in [-0.2, -0.15) is 11.8 Å². The Morgan fingerprint density at radius 3 is 2.44 bits per heavy atom. The van der Waals surface area contributed by atoms with Gasteiger partial charge >= 0.3 is 0 Å². The molecule has 0 atom stereocenters. The third-order valence-electron chi connectivity index (χ3n) is 5.10. The van der Waals surface area contributed by atoms with Crippen LogP contribution in [-0.4, -0.2) is 31.4 Å². The van der Waals surface area contributed by atoms with Crippen molar-refractivity contribution in [3.8, 4) is 0 Å². The first-order chi connectivity index (χ1) is 13.1. The number of ether oxygens (including phenoxy) is 1. The van der Waals surface area contributed by atoms with E-state index in [0.29, 0.717) is 19.8 Å². The number of aryl methyl sites for hydroxylation is 1. The predicted octanol–water partition coefficient (Wildman–Crippen LogP) is 4.86. The van der Waals surface area contributed by atoms with Gasteiger partial charge in [0.25, 0.3) is 0 Å². The van der Waals surface area contributed by atoms with Gasteiger partial charge in [0.1, 0.15) is 0 Å². The van der Waals surface area contributed by atoms with Crippen LogP contribution in [0.5, 0.6) is 0 Å². The first-order valence-electron chi connectivity index (χ1n) is 9.35. The molecular formula is C22H26BrNO2S. The third-order valence-corrected chi connectivity index (χ3v) is 6.66. The van der Waals surface area contributed by atoms with Crippen molar-refractivity contribution < 1.29 is 9.53 Å². The first kappa shape index (κ1) is 20.4. The first-order valence-corrected chi connectivity index (χ1v) is 11.3. The molecule has 2 aromatic rings. The average Bonchev–Trinajstić information content (AvgIpc) is 2.70.